The van der Waals surface area contributed by atoms with Gasteiger partial charge in [0.25, 0.3) is 5.89 Å². The minimum Gasteiger partial charge on any atom is -0.443 e. The van der Waals surface area contributed by atoms with Crippen LogP contribution in [0.3, 0.4) is 0 Å². The van der Waals surface area contributed by atoms with E-state index in [1.54, 1.807) is 13.2 Å². The number of oxazole rings is 1. The van der Waals surface area contributed by atoms with Crippen molar-refractivity contribution < 1.29 is 8.94 Å². The molecule has 2 aromatic heterocycles. The third kappa shape index (κ3) is 7.05. The number of aromatic nitrogens is 3. The topological polar surface area (TPSA) is 101 Å². The van der Waals surface area contributed by atoms with E-state index in [1.165, 1.54) is 5.56 Å². The van der Waals surface area contributed by atoms with Crippen LogP contribution >= 0.6 is 24.0 Å². The highest BCUT2D eigenvalue weighted by Gasteiger charge is 2.19. The molecule has 0 aliphatic carbocycles. The van der Waals surface area contributed by atoms with Gasteiger partial charge in [0, 0.05) is 31.0 Å². The number of hydrogen-bond acceptors (Lipinski definition) is 6. The lowest BCUT2D eigenvalue weighted by Crippen LogP contribution is -2.37. The Balaban J connectivity index is 0.00000341. The van der Waals surface area contributed by atoms with Crippen molar-refractivity contribution in [3.8, 4) is 11.5 Å². The first-order chi connectivity index (χ1) is 14.4. The summed E-state index contributed by atoms with van der Waals surface area (Å²) in [4.78, 5) is 12.9. The van der Waals surface area contributed by atoms with Crippen LogP contribution in [0, 0.1) is 0 Å². The monoisotopic (exact) mass is 538 g/mol. The highest BCUT2D eigenvalue weighted by molar-refractivity contribution is 14.0. The Morgan fingerprint density at radius 3 is 2.45 bits per heavy atom. The molecule has 3 rings (SSSR count). The van der Waals surface area contributed by atoms with Gasteiger partial charge in [-0.05, 0) is 24.1 Å². The van der Waals surface area contributed by atoms with Gasteiger partial charge in [-0.25, -0.2) is 4.98 Å². The summed E-state index contributed by atoms with van der Waals surface area (Å²) in [5, 5.41) is 10.5. The molecule has 0 saturated carbocycles. The maximum Gasteiger partial charge on any atom is 0.257 e. The zero-order chi connectivity index (χ0) is 21.6. The third-order valence-electron chi connectivity index (χ3n) is 4.61. The zero-order valence-electron chi connectivity index (χ0n) is 18.7. The molecule has 0 radical (unpaired) electrons. The number of rotatable bonds is 7. The highest BCUT2D eigenvalue weighted by atomic mass is 127. The number of guanidine groups is 1. The molecular formula is C22H31IN6O2. The number of benzene rings is 1. The normalized spacial score (nSPS) is 11.8. The standard InChI is InChI=1S/C22H30N6O2.HI/c1-6-18-27-20(30-28-18)16-9-7-15(8-10-16)11-12-24-21(23-5)26-14-19-25-13-17(29-19)22(2,3)4;/h7-10,13H,6,11-12,14H2,1-5H3,(H2,23,24,26);1H. The van der Waals surface area contributed by atoms with Gasteiger partial charge in [-0.15, -0.1) is 24.0 Å². The van der Waals surface area contributed by atoms with Crippen molar-refractivity contribution in [3.05, 3.63) is 53.5 Å². The SMILES string of the molecule is CCc1noc(-c2ccc(CCNC(=NC)NCc3ncc(C(C)(C)C)o3)cc2)n1.I. The minimum atomic E-state index is -0.0530. The summed E-state index contributed by atoms with van der Waals surface area (Å²) in [7, 11) is 1.75. The molecular weight excluding hydrogens is 507 g/mol. The van der Waals surface area contributed by atoms with E-state index in [2.05, 4.69) is 63.7 Å². The van der Waals surface area contributed by atoms with Crippen LogP contribution < -0.4 is 10.6 Å². The largest absolute Gasteiger partial charge is 0.443 e. The summed E-state index contributed by atoms with van der Waals surface area (Å²) in [5.74, 6) is 3.50. The van der Waals surface area contributed by atoms with E-state index in [0.29, 0.717) is 24.3 Å². The van der Waals surface area contributed by atoms with E-state index >= 15 is 0 Å². The molecule has 31 heavy (non-hydrogen) atoms. The number of halogens is 1. The molecule has 0 saturated heterocycles. The van der Waals surface area contributed by atoms with Crippen molar-refractivity contribution in [2.75, 3.05) is 13.6 Å². The predicted molar refractivity (Wildman–Crippen MR) is 132 cm³/mol. The third-order valence-corrected chi connectivity index (χ3v) is 4.61. The van der Waals surface area contributed by atoms with Crippen molar-refractivity contribution in [1.82, 2.24) is 25.8 Å². The number of nitrogens with one attached hydrogen (secondary N) is 2. The summed E-state index contributed by atoms with van der Waals surface area (Å²) in [6.07, 6.45) is 3.41. The van der Waals surface area contributed by atoms with E-state index in [0.717, 1.165) is 36.5 Å². The molecule has 0 fully saturated rings. The van der Waals surface area contributed by atoms with Gasteiger partial charge in [0.1, 0.15) is 5.76 Å². The van der Waals surface area contributed by atoms with Crippen LogP contribution in [0.4, 0.5) is 0 Å². The van der Waals surface area contributed by atoms with Gasteiger partial charge >= 0.3 is 0 Å². The summed E-state index contributed by atoms with van der Waals surface area (Å²) in [5.41, 5.74) is 2.08. The highest BCUT2D eigenvalue weighted by Crippen LogP contribution is 2.22. The molecule has 0 bridgehead atoms. The molecule has 168 valence electrons. The van der Waals surface area contributed by atoms with Crippen molar-refractivity contribution >= 4 is 29.9 Å². The Kier molecular flexibility index (Phi) is 9.02. The second-order valence-electron chi connectivity index (χ2n) is 8.04. The van der Waals surface area contributed by atoms with Crippen LogP contribution in [0.15, 0.2) is 44.4 Å². The molecule has 1 aromatic carbocycles. The number of aryl methyl sites for hydroxylation is 1. The minimum absolute atomic E-state index is 0. The van der Waals surface area contributed by atoms with Gasteiger partial charge in [-0.2, -0.15) is 4.98 Å². The molecule has 0 spiro atoms. The maximum atomic E-state index is 5.80. The van der Waals surface area contributed by atoms with E-state index in [-0.39, 0.29) is 29.4 Å². The van der Waals surface area contributed by atoms with Crippen LogP contribution in [0.5, 0.6) is 0 Å². The average molecular weight is 538 g/mol. The number of aliphatic imine (C=N–C) groups is 1. The summed E-state index contributed by atoms with van der Waals surface area (Å²) >= 11 is 0. The van der Waals surface area contributed by atoms with E-state index in [4.69, 9.17) is 8.94 Å². The Hall–Kier alpha value is -2.43. The summed E-state index contributed by atoms with van der Waals surface area (Å²) in [6.45, 7) is 9.53. The molecule has 2 N–H and O–H groups in total. The van der Waals surface area contributed by atoms with E-state index in [1.807, 2.05) is 19.1 Å². The van der Waals surface area contributed by atoms with Crippen LogP contribution in [-0.2, 0) is 24.8 Å². The lowest BCUT2D eigenvalue weighted by Gasteiger charge is -2.13. The smallest absolute Gasteiger partial charge is 0.257 e. The molecule has 0 amide bonds. The van der Waals surface area contributed by atoms with E-state index < -0.39 is 0 Å². The lowest BCUT2D eigenvalue weighted by atomic mass is 9.94. The van der Waals surface area contributed by atoms with Gasteiger partial charge in [0.2, 0.25) is 5.89 Å². The molecule has 8 nitrogen and oxygen atoms in total. The maximum absolute atomic E-state index is 5.80. The van der Waals surface area contributed by atoms with Crippen LogP contribution in [0.25, 0.3) is 11.5 Å². The van der Waals surface area contributed by atoms with Gasteiger partial charge in [0.05, 0.1) is 12.7 Å². The van der Waals surface area contributed by atoms with Crippen molar-refractivity contribution in [1.29, 1.82) is 0 Å². The number of nitrogens with zero attached hydrogens (tertiary/aromatic N) is 4. The van der Waals surface area contributed by atoms with Gasteiger partial charge in [0.15, 0.2) is 11.8 Å². The van der Waals surface area contributed by atoms with Crippen molar-refractivity contribution in [3.63, 3.8) is 0 Å². The zero-order valence-corrected chi connectivity index (χ0v) is 21.1. The Morgan fingerprint density at radius 2 is 1.87 bits per heavy atom. The Bertz CT molecular complexity index is 973. The average Bonchev–Trinajstić information content (AvgIpc) is 3.40. The van der Waals surface area contributed by atoms with Gasteiger partial charge in [-0.1, -0.05) is 45.0 Å². The predicted octanol–water partition coefficient (Wildman–Crippen LogP) is 4.11. The molecule has 9 heteroatoms. The molecule has 0 aliphatic rings. The molecule has 0 unspecified atom stereocenters. The quantitative estimate of drug-likeness (QED) is 0.265. The van der Waals surface area contributed by atoms with Crippen molar-refractivity contribution in [2.45, 2.75) is 52.5 Å². The fourth-order valence-electron chi connectivity index (χ4n) is 2.77. The first kappa shape index (κ1) is 24.8. The lowest BCUT2D eigenvalue weighted by molar-refractivity contribution is 0.379. The summed E-state index contributed by atoms with van der Waals surface area (Å²) in [6, 6.07) is 8.16. The van der Waals surface area contributed by atoms with Crippen LogP contribution in [0.1, 0.15) is 50.7 Å². The first-order valence-electron chi connectivity index (χ1n) is 10.2. The Morgan fingerprint density at radius 1 is 1.13 bits per heavy atom. The molecule has 0 atom stereocenters. The summed E-state index contributed by atoms with van der Waals surface area (Å²) < 4.78 is 11.1. The van der Waals surface area contributed by atoms with Gasteiger partial charge in [-0.3, -0.25) is 4.99 Å². The molecule has 0 aliphatic heterocycles. The fraction of sp³-hybridized carbons (Fsp3) is 0.455. The second kappa shape index (κ2) is 11.3. The van der Waals surface area contributed by atoms with Crippen LogP contribution in [0.2, 0.25) is 0 Å². The molecule has 2 heterocycles. The van der Waals surface area contributed by atoms with Gasteiger partial charge < -0.3 is 19.6 Å². The van der Waals surface area contributed by atoms with Crippen LogP contribution in [-0.4, -0.2) is 34.7 Å². The van der Waals surface area contributed by atoms with E-state index in [9.17, 15) is 0 Å². The molecule has 3 aromatic rings. The fourth-order valence-corrected chi connectivity index (χ4v) is 2.77. The Labute approximate surface area is 200 Å². The number of hydrogen-bond donors (Lipinski definition) is 2. The van der Waals surface area contributed by atoms with Crippen molar-refractivity contribution in [2.24, 2.45) is 4.99 Å². The second-order valence-corrected chi connectivity index (χ2v) is 8.04. The first-order valence-corrected chi connectivity index (χ1v) is 10.2.